The van der Waals surface area contributed by atoms with Gasteiger partial charge in [-0.15, -0.1) is 0 Å². The van der Waals surface area contributed by atoms with Crippen LogP contribution in [0.2, 0.25) is 0 Å². The lowest BCUT2D eigenvalue weighted by atomic mass is 10.0. The van der Waals surface area contributed by atoms with Crippen LogP contribution in [0.4, 0.5) is 5.69 Å². The number of hydrogen-bond donors (Lipinski definition) is 2. The smallest absolute Gasteiger partial charge is 0.251 e. The van der Waals surface area contributed by atoms with E-state index in [0.29, 0.717) is 11.3 Å². The number of hydrogen-bond acceptors (Lipinski definition) is 3. The van der Waals surface area contributed by atoms with E-state index in [-0.39, 0.29) is 24.4 Å². The van der Waals surface area contributed by atoms with Gasteiger partial charge in [-0.1, -0.05) is 0 Å². The molecule has 0 saturated carbocycles. The Kier molecular flexibility index (Phi) is 4.61. The standard InChI is InChI=1S/C15H21N3O2/c1-11-4-2-3-9-18(11)14(19)10-17-15(20)12-5-7-13(16)8-6-12/h5-8,11H,2-4,9-10,16H2,1H3,(H,17,20). The maximum Gasteiger partial charge on any atom is 0.251 e. The number of nitrogen functional groups attached to an aromatic ring is 1. The lowest BCUT2D eigenvalue weighted by molar-refractivity contribution is -0.133. The van der Waals surface area contributed by atoms with Gasteiger partial charge in [0.1, 0.15) is 0 Å². The molecule has 20 heavy (non-hydrogen) atoms. The summed E-state index contributed by atoms with van der Waals surface area (Å²) < 4.78 is 0. The van der Waals surface area contributed by atoms with E-state index in [0.717, 1.165) is 19.4 Å². The van der Waals surface area contributed by atoms with Crippen molar-refractivity contribution in [2.75, 3.05) is 18.8 Å². The second-order valence-corrected chi connectivity index (χ2v) is 5.24. The van der Waals surface area contributed by atoms with E-state index in [1.54, 1.807) is 24.3 Å². The van der Waals surface area contributed by atoms with E-state index in [9.17, 15) is 9.59 Å². The van der Waals surface area contributed by atoms with Crippen molar-refractivity contribution in [1.29, 1.82) is 0 Å². The second-order valence-electron chi connectivity index (χ2n) is 5.24. The number of benzene rings is 1. The minimum Gasteiger partial charge on any atom is -0.399 e. The molecule has 1 atom stereocenters. The average Bonchev–Trinajstić information content (AvgIpc) is 2.45. The van der Waals surface area contributed by atoms with Crippen molar-refractivity contribution in [2.24, 2.45) is 0 Å². The third-order valence-corrected chi connectivity index (χ3v) is 3.70. The minimum atomic E-state index is -0.247. The molecule has 0 aliphatic carbocycles. The van der Waals surface area contributed by atoms with Crippen LogP contribution in [0.25, 0.3) is 0 Å². The molecule has 1 heterocycles. The number of nitrogens with zero attached hydrogens (tertiary/aromatic N) is 1. The number of amides is 2. The summed E-state index contributed by atoms with van der Waals surface area (Å²) in [5, 5.41) is 2.67. The molecule has 5 heteroatoms. The number of piperidine rings is 1. The van der Waals surface area contributed by atoms with Crippen LogP contribution in [0.15, 0.2) is 24.3 Å². The summed E-state index contributed by atoms with van der Waals surface area (Å²) in [5.74, 6) is -0.260. The van der Waals surface area contributed by atoms with Gasteiger partial charge in [-0.05, 0) is 50.5 Å². The molecule has 3 N–H and O–H groups in total. The van der Waals surface area contributed by atoms with Crippen LogP contribution in [0.1, 0.15) is 36.5 Å². The van der Waals surface area contributed by atoms with Gasteiger partial charge in [-0.2, -0.15) is 0 Å². The van der Waals surface area contributed by atoms with Crippen molar-refractivity contribution < 1.29 is 9.59 Å². The number of carbonyl (C=O) groups is 2. The van der Waals surface area contributed by atoms with Gasteiger partial charge in [-0.3, -0.25) is 9.59 Å². The zero-order chi connectivity index (χ0) is 14.5. The third-order valence-electron chi connectivity index (χ3n) is 3.70. The fourth-order valence-electron chi connectivity index (χ4n) is 2.46. The maximum atomic E-state index is 12.1. The molecule has 1 aliphatic heterocycles. The van der Waals surface area contributed by atoms with Crippen molar-refractivity contribution in [3.8, 4) is 0 Å². The molecular weight excluding hydrogens is 254 g/mol. The predicted molar refractivity (Wildman–Crippen MR) is 78.2 cm³/mol. The second kappa shape index (κ2) is 6.41. The van der Waals surface area contributed by atoms with Crippen LogP contribution in [-0.2, 0) is 4.79 Å². The molecule has 1 aromatic carbocycles. The molecule has 5 nitrogen and oxygen atoms in total. The average molecular weight is 275 g/mol. The first kappa shape index (κ1) is 14.4. The Labute approximate surface area is 119 Å². The van der Waals surface area contributed by atoms with Crippen LogP contribution < -0.4 is 11.1 Å². The summed E-state index contributed by atoms with van der Waals surface area (Å²) in [4.78, 5) is 25.8. The number of rotatable bonds is 3. The highest BCUT2D eigenvalue weighted by molar-refractivity contribution is 5.96. The first-order valence-corrected chi connectivity index (χ1v) is 7.01. The van der Waals surface area contributed by atoms with Crippen molar-refractivity contribution >= 4 is 17.5 Å². The van der Waals surface area contributed by atoms with Gasteiger partial charge in [0.05, 0.1) is 6.54 Å². The van der Waals surface area contributed by atoms with Crippen molar-refractivity contribution in [3.63, 3.8) is 0 Å². The summed E-state index contributed by atoms with van der Waals surface area (Å²) in [6.45, 7) is 2.89. The van der Waals surface area contributed by atoms with Crippen molar-refractivity contribution in [2.45, 2.75) is 32.2 Å². The molecule has 108 valence electrons. The van der Waals surface area contributed by atoms with Gasteiger partial charge in [-0.25, -0.2) is 0 Å². The van der Waals surface area contributed by atoms with Gasteiger partial charge in [0, 0.05) is 23.8 Å². The summed E-state index contributed by atoms with van der Waals surface area (Å²) in [7, 11) is 0. The van der Waals surface area contributed by atoms with Crippen LogP contribution in [0.5, 0.6) is 0 Å². The highest BCUT2D eigenvalue weighted by Crippen LogP contribution is 2.16. The Morgan fingerprint density at radius 3 is 2.65 bits per heavy atom. The molecule has 1 fully saturated rings. The molecule has 1 saturated heterocycles. The minimum absolute atomic E-state index is 0.0130. The Hall–Kier alpha value is -2.04. The van der Waals surface area contributed by atoms with Gasteiger partial charge in [0.15, 0.2) is 0 Å². The normalized spacial score (nSPS) is 18.6. The zero-order valence-electron chi connectivity index (χ0n) is 11.8. The number of anilines is 1. The molecule has 1 unspecified atom stereocenters. The van der Waals surface area contributed by atoms with Crippen molar-refractivity contribution in [3.05, 3.63) is 29.8 Å². The number of likely N-dealkylation sites (tertiary alicyclic amines) is 1. The largest absolute Gasteiger partial charge is 0.399 e. The molecular formula is C15H21N3O2. The van der Waals surface area contributed by atoms with E-state index in [4.69, 9.17) is 5.73 Å². The monoisotopic (exact) mass is 275 g/mol. The fourth-order valence-corrected chi connectivity index (χ4v) is 2.46. The predicted octanol–water partition coefficient (Wildman–Crippen LogP) is 1.40. The maximum absolute atomic E-state index is 12.1. The Balaban J connectivity index is 1.86. The summed E-state index contributed by atoms with van der Waals surface area (Å²) in [6, 6.07) is 6.91. The highest BCUT2D eigenvalue weighted by atomic mass is 16.2. The zero-order valence-corrected chi connectivity index (χ0v) is 11.8. The van der Waals surface area contributed by atoms with Gasteiger partial charge < -0.3 is 16.0 Å². The number of carbonyl (C=O) groups excluding carboxylic acids is 2. The molecule has 1 aliphatic rings. The molecule has 0 bridgehead atoms. The molecule has 2 rings (SSSR count). The number of nitrogens with two attached hydrogens (primary N) is 1. The SMILES string of the molecule is CC1CCCCN1C(=O)CNC(=O)c1ccc(N)cc1. The first-order valence-electron chi connectivity index (χ1n) is 7.01. The van der Waals surface area contributed by atoms with Crippen LogP contribution >= 0.6 is 0 Å². The molecule has 0 aromatic heterocycles. The first-order chi connectivity index (χ1) is 9.58. The van der Waals surface area contributed by atoms with Crippen LogP contribution in [-0.4, -0.2) is 35.8 Å². The summed E-state index contributed by atoms with van der Waals surface area (Å²) >= 11 is 0. The Morgan fingerprint density at radius 1 is 1.30 bits per heavy atom. The fraction of sp³-hybridized carbons (Fsp3) is 0.467. The van der Waals surface area contributed by atoms with Gasteiger partial charge in [0.2, 0.25) is 5.91 Å². The van der Waals surface area contributed by atoms with E-state index >= 15 is 0 Å². The van der Waals surface area contributed by atoms with Crippen molar-refractivity contribution in [1.82, 2.24) is 10.2 Å². The lowest BCUT2D eigenvalue weighted by Gasteiger charge is -2.33. The van der Waals surface area contributed by atoms with E-state index in [2.05, 4.69) is 12.2 Å². The third kappa shape index (κ3) is 3.50. The lowest BCUT2D eigenvalue weighted by Crippen LogP contribution is -2.46. The van der Waals surface area contributed by atoms with Crippen LogP contribution in [0, 0.1) is 0 Å². The number of nitrogens with one attached hydrogen (secondary N) is 1. The van der Waals surface area contributed by atoms with Crippen LogP contribution in [0.3, 0.4) is 0 Å². The highest BCUT2D eigenvalue weighted by Gasteiger charge is 2.23. The van der Waals surface area contributed by atoms with Gasteiger partial charge >= 0.3 is 0 Å². The quantitative estimate of drug-likeness (QED) is 0.819. The molecule has 2 amide bonds. The van der Waals surface area contributed by atoms with E-state index in [1.165, 1.54) is 6.42 Å². The van der Waals surface area contributed by atoms with Gasteiger partial charge in [0.25, 0.3) is 5.91 Å². The molecule has 1 aromatic rings. The summed E-state index contributed by atoms with van der Waals surface area (Å²) in [6.07, 6.45) is 3.25. The van der Waals surface area contributed by atoms with E-state index < -0.39 is 0 Å². The summed E-state index contributed by atoms with van der Waals surface area (Å²) in [5.41, 5.74) is 6.69. The molecule has 0 spiro atoms. The Bertz CT molecular complexity index is 484. The van der Waals surface area contributed by atoms with E-state index in [1.807, 2.05) is 4.90 Å². The Morgan fingerprint density at radius 2 is 2.00 bits per heavy atom. The topological polar surface area (TPSA) is 75.4 Å². The molecule has 0 radical (unpaired) electrons.